The number of hydrogen-bond donors (Lipinski definition) is 0. The van der Waals surface area contributed by atoms with E-state index in [4.69, 9.17) is 0 Å². The highest BCUT2D eigenvalue weighted by atomic mass is 16.1. The molecule has 0 fully saturated rings. The van der Waals surface area contributed by atoms with E-state index in [1.807, 2.05) is 12.1 Å². The van der Waals surface area contributed by atoms with Crippen LogP contribution < -0.4 is 0 Å². The highest BCUT2D eigenvalue weighted by Gasteiger charge is 2.44. The maximum Gasteiger partial charge on any atom is 0.167 e. The Balaban J connectivity index is 1.78. The molecule has 100 valence electrons. The fourth-order valence-corrected chi connectivity index (χ4v) is 3.87. The summed E-state index contributed by atoms with van der Waals surface area (Å²) in [5.74, 6) is 0.0999. The Hall–Kier alpha value is -1.96. The van der Waals surface area contributed by atoms with Gasteiger partial charge in [0.15, 0.2) is 11.6 Å². The average molecular weight is 264 g/mol. The van der Waals surface area contributed by atoms with Crippen molar-refractivity contribution in [1.82, 2.24) is 0 Å². The van der Waals surface area contributed by atoms with Gasteiger partial charge >= 0.3 is 0 Å². The van der Waals surface area contributed by atoms with Gasteiger partial charge in [-0.15, -0.1) is 0 Å². The van der Waals surface area contributed by atoms with Gasteiger partial charge in [-0.2, -0.15) is 0 Å². The highest BCUT2D eigenvalue weighted by molar-refractivity contribution is 6.16. The first-order valence-corrected chi connectivity index (χ1v) is 7.28. The zero-order valence-electron chi connectivity index (χ0n) is 11.3. The molecule has 2 atom stereocenters. The lowest BCUT2D eigenvalue weighted by Gasteiger charge is -2.37. The molecule has 2 nitrogen and oxygen atoms in total. The second kappa shape index (κ2) is 4.27. The lowest BCUT2D eigenvalue weighted by Crippen LogP contribution is -2.39. The first-order chi connectivity index (χ1) is 9.75. The number of allylic oxidation sites excluding steroid dienone is 4. The molecule has 1 aromatic rings. The molecule has 4 rings (SSSR count). The number of carbonyl (C=O) groups excluding carboxylic acids is 2. The van der Waals surface area contributed by atoms with E-state index in [1.165, 1.54) is 11.1 Å². The van der Waals surface area contributed by atoms with E-state index in [-0.39, 0.29) is 23.4 Å². The molecular weight excluding hydrogens is 248 g/mol. The van der Waals surface area contributed by atoms with Crippen LogP contribution in [0.5, 0.6) is 0 Å². The Kier molecular flexibility index (Phi) is 2.53. The van der Waals surface area contributed by atoms with Crippen molar-refractivity contribution in [3.63, 3.8) is 0 Å². The van der Waals surface area contributed by atoms with Crippen LogP contribution in [0.4, 0.5) is 0 Å². The lowest BCUT2D eigenvalue weighted by molar-refractivity contribution is 0.0719. The van der Waals surface area contributed by atoms with Crippen LogP contribution in [0, 0.1) is 11.8 Å². The third-order valence-electron chi connectivity index (χ3n) is 4.95. The van der Waals surface area contributed by atoms with Gasteiger partial charge in [-0.3, -0.25) is 9.59 Å². The van der Waals surface area contributed by atoms with Gasteiger partial charge in [0, 0.05) is 23.0 Å². The molecule has 0 saturated heterocycles. The Morgan fingerprint density at radius 1 is 0.750 bits per heavy atom. The number of fused-ring (bicyclic) bond motifs is 2. The molecule has 0 amide bonds. The molecule has 0 radical (unpaired) electrons. The molecule has 1 aromatic carbocycles. The van der Waals surface area contributed by atoms with Crippen LogP contribution in [-0.2, 0) is 0 Å². The SMILES string of the molecule is O=C1c2ccccc2C(=O)[C@@H]2CC3=C(CC=CC3)C[C@H]12. The minimum Gasteiger partial charge on any atom is -0.294 e. The summed E-state index contributed by atoms with van der Waals surface area (Å²) in [5.41, 5.74) is 4.06. The fourth-order valence-electron chi connectivity index (χ4n) is 3.87. The largest absolute Gasteiger partial charge is 0.294 e. The number of benzene rings is 1. The number of carbonyl (C=O) groups is 2. The van der Waals surface area contributed by atoms with Gasteiger partial charge in [0.25, 0.3) is 0 Å². The summed E-state index contributed by atoms with van der Waals surface area (Å²) in [4.78, 5) is 25.4. The van der Waals surface area contributed by atoms with E-state index in [0.29, 0.717) is 11.1 Å². The third kappa shape index (κ3) is 1.57. The Morgan fingerprint density at radius 3 is 1.65 bits per heavy atom. The summed E-state index contributed by atoms with van der Waals surface area (Å²) in [6.45, 7) is 0. The van der Waals surface area contributed by atoms with Gasteiger partial charge in [-0.25, -0.2) is 0 Å². The Morgan fingerprint density at radius 2 is 1.20 bits per heavy atom. The highest BCUT2D eigenvalue weighted by Crippen LogP contribution is 2.44. The van der Waals surface area contributed by atoms with Crippen molar-refractivity contribution < 1.29 is 9.59 Å². The summed E-state index contributed by atoms with van der Waals surface area (Å²) in [7, 11) is 0. The summed E-state index contributed by atoms with van der Waals surface area (Å²) in [6, 6.07) is 7.30. The van der Waals surface area contributed by atoms with Crippen LogP contribution in [0.15, 0.2) is 47.6 Å². The molecule has 0 bridgehead atoms. The van der Waals surface area contributed by atoms with E-state index >= 15 is 0 Å². The van der Waals surface area contributed by atoms with Gasteiger partial charge in [-0.1, -0.05) is 47.6 Å². The molecule has 2 heteroatoms. The molecule has 0 unspecified atom stereocenters. The van der Waals surface area contributed by atoms with Crippen molar-refractivity contribution in [2.75, 3.05) is 0 Å². The van der Waals surface area contributed by atoms with Crippen molar-refractivity contribution >= 4 is 11.6 Å². The van der Waals surface area contributed by atoms with Gasteiger partial charge in [-0.05, 0) is 25.7 Å². The van der Waals surface area contributed by atoms with Crippen molar-refractivity contribution in [2.45, 2.75) is 25.7 Å². The fraction of sp³-hybridized carbons (Fsp3) is 0.333. The standard InChI is InChI=1S/C18H16O2/c19-17-13-7-3-4-8-14(13)18(20)16-10-12-6-2-1-5-11(12)9-15(16)17/h1-4,7-8,15-16H,5-6,9-10H2/t15-,16+. The molecule has 0 aliphatic heterocycles. The Bertz CT molecular complexity index is 621. The second-order valence-electron chi connectivity index (χ2n) is 5.98. The molecule has 0 aromatic heterocycles. The van der Waals surface area contributed by atoms with Crippen LogP contribution in [0.2, 0.25) is 0 Å². The number of rotatable bonds is 0. The van der Waals surface area contributed by atoms with E-state index < -0.39 is 0 Å². The topological polar surface area (TPSA) is 34.1 Å². The summed E-state index contributed by atoms with van der Waals surface area (Å²) in [6.07, 6.45) is 7.85. The van der Waals surface area contributed by atoms with Gasteiger partial charge in [0.2, 0.25) is 0 Å². The molecule has 3 aliphatic rings. The number of Topliss-reactive ketones (excluding diaryl/α,β-unsaturated/α-hetero) is 2. The number of ketones is 2. The summed E-state index contributed by atoms with van der Waals surface area (Å²) < 4.78 is 0. The molecule has 0 N–H and O–H groups in total. The van der Waals surface area contributed by atoms with E-state index in [2.05, 4.69) is 12.2 Å². The van der Waals surface area contributed by atoms with E-state index in [1.54, 1.807) is 12.1 Å². The predicted molar refractivity (Wildman–Crippen MR) is 76.7 cm³/mol. The van der Waals surface area contributed by atoms with Crippen LogP contribution >= 0.6 is 0 Å². The number of hydrogen-bond acceptors (Lipinski definition) is 2. The predicted octanol–water partition coefficient (Wildman–Crippen LogP) is 3.74. The minimum atomic E-state index is -0.123. The first-order valence-electron chi connectivity index (χ1n) is 7.28. The average Bonchev–Trinajstić information content (AvgIpc) is 2.51. The van der Waals surface area contributed by atoms with Crippen LogP contribution in [0.1, 0.15) is 46.4 Å². The van der Waals surface area contributed by atoms with Gasteiger partial charge < -0.3 is 0 Å². The van der Waals surface area contributed by atoms with Crippen molar-refractivity contribution in [2.24, 2.45) is 11.8 Å². The minimum absolute atomic E-state index is 0.123. The normalized spacial score (nSPS) is 28.0. The monoisotopic (exact) mass is 264 g/mol. The van der Waals surface area contributed by atoms with Gasteiger partial charge in [0.05, 0.1) is 0 Å². The smallest absolute Gasteiger partial charge is 0.167 e. The molecule has 20 heavy (non-hydrogen) atoms. The molecule has 3 aliphatic carbocycles. The quantitative estimate of drug-likeness (QED) is 0.669. The maximum atomic E-state index is 12.7. The Labute approximate surface area is 118 Å². The van der Waals surface area contributed by atoms with Crippen molar-refractivity contribution in [3.05, 3.63) is 58.7 Å². The lowest BCUT2D eigenvalue weighted by atomic mass is 9.64. The molecule has 0 heterocycles. The summed E-state index contributed by atoms with van der Waals surface area (Å²) in [5, 5.41) is 0. The maximum absolute atomic E-state index is 12.7. The zero-order valence-corrected chi connectivity index (χ0v) is 11.3. The second-order valence-corrected chi connectivity index (χ2v) is 5.98. The molecule has 0 saturated carbocycles. The molecule has 0 spiro atoms. The van der Waals surface area contributed by atoms with E-state index in [9.17, 15) is 9.59 Å². The van der Waals surface area contributed by atoms with Crippen LogP contribution in [0.25, 0.3) is 0 Å². The first kappa shape index (κ1) is 11.8. The zero-order chi connectivity index (χ0) is 13.7. The third-order valence-corrected chi connectivity index (χ3v) is 4.95. The van der Waals surface area contributed by atoms with Gasteiger partial charge in [0.1, 0.15) is 0 Å². The van der Waals surface area contributed by atoms with Crippen LogP contribution in [0.3, 0.4) is 0 Å². The van der Waals surface area contributed by atoms with Crippen molar-refractivity contribution in [3.8, 4) is 0 Å². The van der Waals surface area contributed by atoms with Crippen molar-refractivity contribution in [1.29, 1.82) is 0 Å². The van der Waals surface area contributed by atoms with E-state index in [0.717, 1.165) is 25.7 Å². The van der Waals surface area contributed by atoms with Crippen LogP contribution in [-0.4, -0.2) is 11.6 Å². The summed E-state index contributed by atoms with van der Waals surface area (Å²) >= 11 is 0. The molecular formula is C18H16O2.